The molecular formula is C29H46N2. The highest BCUT2D eigenvalue weighted by molar-refractivity contribution is 5.85. The lowest BCUT2D eigenvalue weighted by molar-refractivity contribution is -0.0392. The molecule has 3 aliphatic carbocycles. The second-order valence-corrected chi connectivity index (χ2v) is 12.1. The Morgan fingerprint density at radius 1 is 1.10 bits per heavy atom. The maximum atomic E-state index is 4.39. The summed E-state index contributed by atoms with van der Waals surface area (Å²) < 4.78 is 0. The monoisotopic (exact) mass is 422 g/mol. The maximum absolute atomic E-state index is 4.39. The van der Waals surface area contributed by atoms with Crippen molar-refractivity contribution in [3.05, 3.63) is 46.7 Å². The van der Waals surface area contributed by atoms with E-state index in [4.69, 9.17) is 0 Å². The van der Waals surface area contributed by atoms with E-state index >= 15 is 0 Å². The Balaban J connectivity index is 1.68. The van der Waals surface area contributed by atoms with E-state index in [2.05, 4.69) is 70.6 Å². The van der Waals surface area contributed by atoms with Gasteiger partial charge in [0.2, 0.25) is 0 Å². The second kappa shape index (κ2) is 9.51. The topological polar surface area (TPSA) is 24.4 Å². The fraction of sp³-hybridized carbons (Fsp3) is 0.690. The number of hydrogen-bond donors (Lipinski definition) is 1. The molecule has 2 nitrogen and oxygen atoms in total. The SMILES string of the molecule is C=C(NC1CC2(CC(C)C2)C1)\C(C=NC)=C(C)/C=C\C(CCC(C)(C)C)=C(/C)C1CC1. The van der Waals surface area contributed by atoms with E-state index in [0.29, 0.717) is 16.9 Å². The molecular weight excluding hydrogens is 376 g/mol. The van der Waals surface area contributed by atoms with Crippen LogP contribution in [0.2, 0.25) is 0 Å². The minimum Gasteiger partial charge on any atom is -0.382 e. The smallest absolute Gasteiger partial charge is 0.0361 e. The van der Waals surface area contributed by atoms with Crippen LogP contribution in [0.1, 0.15) is 92.9 Å². The van der Waals surface area contributed by atoms with Crippen molar-refractivity contribution in [1.29, 1.82) is 0 Å². The van der Waals surface area contributed by atoms with Gasteiger partial charge in [-0.05, 0) is 99.0 Å². The van der Waals surface area contributed by atoms with Gasteiger partial charge in [0.1, 0.15) is 0 Å². The number of rotatable bonds is 9. The molecule has 172 valence electrons. The van der Waals surface area contributed by atoms with Crippen LogP contribution in [0.3, 0.4) is 0 Å². The zero-order valence-corrected chi connectivity index (χ0v) is 21.3. The third-order valence-electron chi connectivity index (χ3n) is 7.68. The lowest BCUT2D eigenvalue weighted by Crippen LogP contribution is -2.54. The molecule has 0 amide bonds. The van der Waals surface area contributed by atoms with Crippen LogP contribution in [0.5, 0.6) is 0 Å². The predicted molar refractivity (Wildman–Crippen MR) is 136 cm³/mol. The Hall–Kier alpha value is -1.57. The van der Waals surface area contributed by atoms with Crippen molar-refractivity contribution in [2.75, 3.05) is 7.05 Å². The van der Waals surface area contributed by atoms with Gasteiger partial charge in [-0.2, -0.15) is 0 Å². The van der Waals surface area contributed by atoms with E-state index in [9.17, 15) is 0 Å². The molecule has 3 fully saturated rings. The predicted octanol–water partition coefficient (Wildman–Crippen LogP) is 7.79. The molecule has 0 aromatic carbocycles. The van der Waals surface area contributed by atoms with Crippen LogP contribution in [0.15, 0.2) is 51.7 Å². The molecule has 0 unspecified atom stereocenters. The number of nitrogens with one attached hydrogen (secondary N) is 1. The van der Waals surface area contributed by atoms with E-state index in [1.54, 1.807) is 5.57 Å². The van der Waals surface area contributed by atoms with Crippen molar-refractivity contribution >= 4 is 6.21 Å². The van der Waals surface area contributed by atoms with Gasteiger partial charge in [-0.25, -0.2) is 0 Å². The first kappa shape index (κ1) is 24.1. The molecule has 2 heteroatoms. The maximum Gasteiger partial charge on any atom is 0.0361 e. The van der Waals surface area contributed by atoms with Gasteiger partial charge in [-0.3, -0.25) is 4.99 Å². The van der Waals surface area contributed by atoms with E-state index in [0.717, 1.165) is 29.5 Å². The van der Waals surface area contributed by atoms with Crippen LogP contribution < -0.4 is 5.32 Å². The molecule has 0 heterocycles. The molecule has 31 heavy (non-hydrogen) atoms. The van der Waals surface area contributed by atoms with Gasteiger partial charge < -0.3 is 5.32 Å². The molecule has 3 aliphatic rings. The van der Waals surface area contributed by atoms with Crippen molar-refractivity contribution in [2.45, 2.75) is 99.0 Å². The first-order valence-corrected chi connectivity index (χ1v) is 12.5. The first-order chi connectivity index (χ1) is 14.5. The van der Waals surface area contributed by atoms with Gasteiger partial charge in [-0.15, -0.1) is 0 Å². The zero-order chi connectivity index (χ0) is 22.8. The van der Waals surface area contributed by atoms with Gasteiger partial charge in [0, 0.05) is 30.6 Å². The largest absolute Gasteiger partial charge is 0.382 e. The second-order valence-electron chi connectivity index (χ2n) is 12.1. The molecule has 3 rings (SSSR count). The van der Waals surface area contributed by atoms with E-state index < -0.39 is 0 Å². The number of allylic oxidation sites excluding steroid dienone is 6. The van der Waals surface area contributed by atoms with Crippen molar-refractivity contribution in [1.82, 2.24) is 5.32 Å². The van der Waals surface area contributed by atoms with Crippen LogP contribution in [0.25, 0.3) is 0 Å². The normalized spacial score (nSPS) is 30.2. The quantitative estimate of drug-likeness (QED) is 0.297. The van der Waals surface area contributed by atoms with Gasteiger partial charge in [-0.1, -0.05) is 52.0 Å². The third kappa shape index (κ3) is 6.46. The zero-order valence-electron chi connectivity index (χ0n) is 21.3. The first-order valence-electron chi connectivity index (χ1n) is 12.5. The number of nitrogens with zero attached hydrogens (tertiary/aromatic N) is 1. The molecule has 0 aromatic rings. The summed E-state index contributed by atoms with van der Waals surface area (Å²) in [6.45, 7) is 18.3. The summed E-state index contributed by atoms with van der Waals surface area (Å²) in [6, 6.07) is 0.580. The minimum atomic E-state index is 0.365. The minimum absolute atomic E-state index is 0.365. The fourth-order valence-corrected chi connectivity index (χ4v) is 5.73. The number of aliphatic imine (C=N–C) groups is 1. The standard InChI is InChI=1S/C29H46N2/c1-20-15-29(16-20)17-26(18-29)31-23(4)27(19-30-8)21(2)9-10-25(13-14-28(5,6)7)22(3)24-11-12-24/h9-10,19-20,24,26,31H,4,11-18H2,1-3,5-8H3/b10-9-,25-22-,27-21-,30-19?. The Morgan fingerprint density at radius 2 is 1.74 bits per heavy atom. The van der Waals surface area contributed by atoms with E-state index in [1.807, 2.05) is 13.3 Å². The highest BCUT2D eigenvalue weighted by atomic mass is 15.0. The van der Waals surface area contributed by atoms with Crippen molar-refractivity contribution in [3.63, 3.8) is 0 Å². The molecule has 0 aromatic heterocycles. The summed E-state index contributed by atoms with van der Waals surface area (Å²) in [5.41, 5.74) is 7.56. The summed E-state index contributed by atoms with van der Waals surface area (Å²) in [7, 11) is 1.85. The molecule has 0 saturated heterocycles. The molecule has 1 N–H and O–H groups in total. The van der Waals surface area contributed by atoms with Crippen molar-refractivity contribution < 1.29 is 0 Å². The highest BCUT2D eigenvalue weighted by Gasteiger charge is 2.51. The Kier molecular flexibility index (Phi) is 7.39. The van der Waals surface area contributed by atoms with E-state index in [1.165, 1.54) is 56.1 Å². The van der Waals surface area contributed by atoms with Crippen LogP contribution in [0, 0.1) is 22.7 Å². The molecule has 3 saturated carbocycles. The van der Waals surface area contributed by atoms with Crippen LogP contribution in [-0.2, 0) is 0 Å². The van der Waals surface area contributed by atoms with Crippen LogP contribution in [-0.4, -0.2) is 19.3 Å². The highest BCUT2D eigenvalue weighted by Crippen LogP contribution is 2.58. The van der Waals surface area contributed by atoms with Crippen molar-refractivity contribution in [2.24, 2.45) is 27.7 Å². The Bertz CT molecular complexity index is 781. The van der Waals surface area contributed by atoms with Gasteiger partial charge in [0.25, 0.3) is 0 Å². The van der Waals surface area contributed by atoms with Gasteiger partial charge >= 0.3 is 0 Å². The van der Waals surface area contributed by atoms with Crippen LogP contribution in [0.4, 0.5) is 0 Å². The summed E-state index contributed by atoms with van der Waals surface area (Å²) in [5, 5.41) is 3.71. The molecule has 0 atom stereocenters. The summed E-state index contributed by atoms with van der Waals surface area (Å²) in [6.07, 6.45) is 17.2. The summed E-state index contributed by atoms with van der Waals surface area (Å²) >= 11 is 0. The number of hydrogen-bond acceptors (Lipinski definition) is 2. The fourth-order valence-electron chi connectivity index (χ4n) is 5.73. The Labute approximate surface area is 192 Å². The summed E-state index contributed by atoms with van der Waals surface area (Å²) in [5.74, 6) is 1.75. The average molecular weight is 423 g/mol. The van der Waals surface area contributed by atoms with E-state index in [-0.39, 0.29) is 0 Å². The van der Waals surface area contributed by atoms with Gasteiger partial charge in [0.05, 0.1) is 0 Å². The molecule has 0 bridgehead atoms. The molecule has 0 aliphatic heterocycles. The van der Waals surface area contributed by atoms with Gasteiger partial charge in [0.15, 0.2) is 0 Å². The van der Waals surface area contributed by atoms with Crippen molar-refractivity contribution in [3.8, 4) is 0 Å². The lowest BCUT2D eigenvalue weighted by Gasteiger charge is -2.57. The Morgan fingerprint density at radius 3 is 2.26 bits per heavy atom. The third-order valence-corrected chi connectivity index (χ3v) is 7.68. The molecule has 0 radical (unpaired) electrons. The average Bonchev–Trinajstić information content (AvgIpc) is 3.46. The molecule has 1 spiro atoms. The lowest BCUT2D eigenvalue weighted by atomic mass is 9.50. The summed E-state index contributed by atoms with van der Waals surface area (Å²) in [4.78, 5) is 4.33. The van der Waals surface area contributed by atoms with Crippen LogP contribution >= 0.6 is 0 Å².